The maximum absolute atomic E-state index is 8.94. The van der Waals surface area contributed by atoms with Crippen LogP contribution < -0.4 is 10.1 Å². The Balaban J connectivity index is 2.15. The lowest BCUT2D eigenvalue weighted by Crippen LogP contribution is -2.25. The van der Waals surface area contributed by atoms with E-state index in [1.54, 1.807) is 0 Å². The molecule has 0 spiro atoms. The first-order chi connectivity index (χ1) is 10.0. The van der Waals surface area contributed by atoms with E-state index in [-0.39, 0.29) is 6.61 Å². The van der Waals surface area contributed by atoms with Gasteiger partial charge in [0.15, 0.2) is 0 Å². The Morgan fingerprint density at radius 1 is 1.10 bits per heavy atom. The summed E-state index contributed by atoms with van der Waals surface area (Å²) in [5.41, 5.74) is 2.89. The molecule has 112 valence electrons. The number of aliphatic hydroxyl groups excluding tert-OH is 1. The van der Waals surface area contributed by atoms with Crippen molar-refractivity contribution in [3.8, 4) is 5.75 Å². The molecule has 0 fully saturated rings. The average Bonchev–Trinajstić information content (AvgIpc) is 2.49. The molecule has 3 heteroatoms. The van der Waals surface area contributed by atoms with E-state index in [0.29, 0.717) is 6.42 Å². The number of ether oxygens (including phenoxy) is 1. The van der Waals surface area contributed by atoms with Crippen molar-refractivity contribution in [1.82, 2.24) is 0 Å². The van der Waals surface area contributed by atoms with Crippen LogP contribution in [0.1, 0.15) is 25.0 Å². The molecule has 0 unspecified atom stereocenters. The third-order valence-corrected chi connectivity index (χ3v) is 3.54. The van der Waals surface area contributed by atoms with Crippen molar-refractivity contribution in [2.24, 2.45) is 0 Å². The van der Waals surface area contributed by atoms with Crippen LogP contribution in [0, 0.1) is 0 Å². The second-order valence-corrected chi connectivity index (χ2v) is 5.56. The Labute approximate surface area is 126 Å². The fourth-order valence-electron chi connectivity index (χ4n) is 2.26. The molecule has 2 aromatic rings. The first kappa shape index (κ1) is 15.4. The summed E-state index contributed by atoms with van der Waals surface area (Å²) < 4.78 is 6.13. The van der Waals surface area contributed by atoms with Crippen LogP contribution >= 0.6 is 0 Å². The van der Waals surface area contributed by atoms with Gasteiger partial charge in [-0.25, -0.2) is 0 Å². The predicted octanol–water partition coefficient (Wildman–Crippen LogP) is 3.58. The highest BCUT2D eigenvalue weighted by Gasteiger charge is 2.22. The van der Waals surface area contributed by atoms with Crippen LogP contribution in [0.3, 0.4) is 0 Å². The Kier molecular flexibility index (Phi) is 4.86. The van der Waals surface area contributed by atoms with Crippen LogP contribution in [-0.4, -0.2) is 18.8 Å². The Hall–Kier alpha value is -2.00. The summed E-state index contributed by atoms with van der Waals surface area (Å²) in [6.07, 6.45) is 0.674. The maximum atomic E-state index is 8.94. The fraction of sp³-hybridized carbons (Fsp3) is 0.333. The second-order valence-electron chi connectivity index (χ2n) is 5.56. The number of aliphatic hydroxyl groups is 1. The highest BCUT2D eigenvalue weighted by Crippen LogP contribution is 2.29. The molecule has 0 aliphatic rings. The van der Waals surface area contributed by atoms with Gasteiger partial charge in [0.25, 0.3) is 0 Å². The molecule has 0 radical (unpaired) electrons. The number of hydrogen-bond donors (Lipinski definition) is 2. The monoisotopic (exact) mass is 285 g/mol. The Morgan fingerprint density at radius 2 is 1.81 bits per heavy atom. The molecule has 0 bridgehead atoms. The van der Waals surface area contributed by atoms with Gasteiger partial charge in [-0.2, -0.15) is 0 Å². The topological polar surface area (TPSA) is 41.5 Å². The minimum atomic E-state index is -0.411. The summed E-state index contributed by atoms with van der Waals surface area (Å²) in [6.45, 7) is 4.29. The van der Waals surface area contributed by atoms with Crippen LogP contribution in [0.5, 0.6) is 5.75 Å². The average molecular weight is 285 g/mol. The zero-order chi connectivity index (χ0) is 15.3. The maximum Gasteiger partial charge on any atom is 0.128 e. The van der Waals surface area contributed by atoms with E-state index < -0.39 is 5.60 Å². The van der Waals surface area contributed by atoms with E-state index in [1.807, 2.05) is 43.4 Å². The third-order valence-electron chi connectivity index (χ3n) is 3.54. The Bertz CT molecular complexity index is 576. The lowest BCUT2D eigenvalue weighted by atomic mass is 9.97. The van der Waals surface area contributed by atoms with E-state index in [0.717, 1.165) is 22.6 Å². The summed E-state index contributed by atoms with van der Waals surface area (Å²) in [4.78, 5) is 0. The van der Waals surface area contributed by atoms with Crippen molar-refractivity contribution in [3.63, 3.8) is 0 Å². The smallest absolute Gasteiger partial charge is 0.128 e. The van der Waals surface area contributed by atoms with Gasteiger partial charge in [0, 0.05) is 19.3 Å². The van der Waals surface area contributed by atoms with Crippen molar-refractivity contribution >= 4 is 5.69 Å². The molecule has 2 N–H and O–H groups in total. The van der Waals surface area contributed by atoms with Gasteiger partial charge in [0.1, 0.15) is 11.4 Å². The standard InChI is InChI=1S/C18H23NO2/c1-18(2,15-5-4-6-16(13-15)19-3)21-17-9-7-14(8-10-17)11-12-20/h4-10,13,19-20H,11-12H2,1-3H3. The lowest BCUT2D eigenvalue weighted by Gasteiger charge is -2.27. The second kappa shape index (κ2) is 6.64. The van der Waals surface area contributed by atoms with Gasteiger partial charge in [-0.1, -0.05) is 24.3 Å². The number of nitrogens with one attached hydrogen (secondary N) is 1. The predicted molar refractivity (Wildman–Crippen MR) is 86.9 cm³/mol. The van der Waals surface area contributed by atoms with Crippen molar-refractivity contribution in [2.45, 2.75) is 25.9 Å². The first-order valence-corrected chi connectivity index (χ1v) is 7.22. The summed E-state index contributed by atoms with van der Waals surface area (Å²) in [5.74, 6) is 0.830. The molecule has 0 heterocycles. The quantitative estimate of drug-likeness (QED) is 0.852. The molecule has 0 aliphatic carbocycles. The Morgan fingerprint density at radius 3 is 2.43 bits per heavy atom. The molecule has 0 saturated heterocycles. The minimum absolute atomic E-state index is 0.169. The molecule has 0 atom stereocenters. The highest BCUT2D eigenvalue weighted by atomic mass is 16.5. The normalized spacial score (nSPS) is 11.2. The van der Waals surface area contributed by atoms with Gasteiger partial charge in [0.2, 0.25) is 0 Å². The minimum Gasteiger partial charge on any atom is -0.483 e. The van der Waals surface area contributed by atoms with Crippen LogP contribution in [0.25, 0.3) is 0 Å². The van der Waals surface area contributed by atoms with Crippen molar-refractivity contribution in [1.29, 1.82) is 0 Å². The van der Waals surface area contributed by atoms with Gasteiger partial charge in [-0.3, -0.25) is 0 Å². The van der Waals surface area contributed by atoms with Crippen molar-refractivity contribution < 1.29 is 9.84 Å². The van der Waals surface area contributed by atoms with Gasteiger partial charge in [-0.05, 0) is 55.7 Å². The largest absolute Gasteiger partial charge is 0.483 e. The van der Waals surface area contributed by atoms with E-state index in [9.17, 15) is 0 Å². The molecule has 3 nitrogen and oxygen atoms in total. The number of anilines is 1. The molecule has 0 aromatic heterocycles. The molecule has 2 rings (SSSR count). The van der Waals surface area contributed by atoms with Gasteiger partial charge in [0.05, 0.1) is 0 Å². The molecule has 21 heavy (non-hydrogen) atoms. The van der Waals surface area contributed by atoms with Crippen LogP contribution in [0.2, 0.25) is 0 Å². The number of benzene rings is 2. The van der Waals surface area contributed by atoms with E-state index in [1.165, 1.54) is 0 Å². The molecule has 2 aromatic carbocycles. The summed E-state index contributed by atoms with van der Waals surface area (Å²) >= 11 is 0. The van der Waals surface area contributed by atoms with Crippen molar-refractivity contribution in [3.05, 3.63) is 59.7 Å². The molecular weight excluding hydrogens is 262 g/mol. The van der Waals surface area contributed by atoms with Crippen LogP contribution in [0.4, 0.5) is 5.69 Å². The van der Waals surface area contributed by atoms with Crippen molar-refractivity contribution in [2.75, 3.05) is 19.0 Å². The van der Waals surface area contributed by atoms with Gasteiger partial charge in [-0.15, -0.1) is 0 Å². The zero-order valence-corrected chi connectivity index (χ0v) is 12.9. The molecule has 0 saturated carbocycles. The molecule has 0 aliphatic heterocycles. The molecular formula is C18H23NO2. The first-order valence-electron chi connectivity index (χ1n) is 7.22. The van der Waals surface area contributed by atoms with Gasteiger partial charge < -0.3 is 15.2 Å². The van der Waals surface area contributed by atoms with E-state index in [4.69, 9.17) is 9.84 Å². The summed E-state index contributed by atoms with van der Waals surface area (Å²) in [6, 6.07) is 16.1. The van der Waals surface area contributed by atoms with E-state index in [2.05, 4.69) is 31.3 Å². The zero-order valence-electron chi connectivity index (χ0n) is 12.9. The van der Waals surface area contributed by atoms with Gasteiger partial charge >= 0.3 is 0 Å². The fourth-order valence-corrected chi connectivity index (χ4v) is 2.26. The lowest BCUT2D eigenvalue weighted by molar-refractivity contribution is 0.109. The number of hydrogen-bond acceptors (Lipinski definition) is 3. The highest BCUT2D eigenvalue weighted by molar-refractivity contribution is 5.46. The summed E-state index contributed by atoms with van der Waals surface area (Å²) in [5, 5.41) is 12.1. The third kappa shape index (κ3) is 3.99. The number of rotatable bonds is 6. The molecule has 0 amide bonds. The van der Waals surface area contributed by atoms with Crippen LogP contribution in [0.15, 0.2) is 48.5 Å². The van der Waals surface area contributed by atoms with E-state index >= 15 is 0 Å². The van der Waals surface area contributed by atoms with Crippen LogP contribution in [-0.2, 0) is 12.0 Å². The SMILES string of the molecule is CNc1cccc(C(C)(C)Oc2ccc(CCO)cc2)c1. The summed E-state index contributed by atoms with van der Waals surface area (Å²) in [7, 11) is 1.91.